The van der Waals surface area contributed by atoms with Crippen LogP contribution in [0.3, 0.4) is 0 Å². The Morgan fingerprint density at radius 3 is 2.35 bits per heavy atom. The number of halogens is 3. The van der Waals surface area contributed by atoms with Gasteiger partial charge in [0.1, 0.15) is 6.10 Å². The van der Waals surface area contributed by atoms with Gasteiger partial charge in [0.15, 0.2) is 0 Å². The lowest BCUT2D eigenvalue weighted by atomic mass is 10.0. The first-order chi connectivity index (χ1) is 9.63. The minimum Gasteiger partial charge on any atom is -0.459 e. The Morgan fingerprint density at radius 2 is 1.75 bits per heavy atom. The van der Waals surface area contributed by atoms with Crippen molar-refractivity contribution in [3.05, 3.63) is 68.1 Å². The standard InChI is InChI=1S/C15H11BrCl2O2/c16-12-5-2-1-4-10(12)15(20-9-19)8-11-13(17)6-3-7-14(11)18/h1-7,9,15H,8H2. The molecule has 0 aliphatic carbocycles. The summed E-state index contributed by atoms with van der Waals surface area (Å²) in [5.74, 6) is 0. The third-order valence-corrected chi connectivity index (χ3v) is 4.35. The minimum atomic E-state index is -0.444. The fraction of sp³-hybridized carbons (Fsp3) is 0.133. The fourth-order valence-corrected chi connectivity index (χ4v) is 3.04. The number of hydrogen-bond acceptors (Lipinski definition) is 2. The molecule has 2 nitrogen and oxygen atoms in total. The van der Waals surface area contributed by atoms with Crippen molar-refractivity contribution in [2.45, 2.75) is 12.5 Å². The Morgan fingerprint density at radius 1 is 1.10 bits per heavy atom. The van der Waals surface area contributed by atoms with E-state index in [-0.39, 0.29) is 0 Å². The Kier molecular flexibility index (Phi) is 5.46. The SMILES string of the molecule is O=COC(Cc1c(Cl)cccc1Cl)c1ccccc1Br. The van der Waals surface area contributed by atoms with Crippen molar-refractivity contribution in [1.29, 1.82) is 0 Å². The van der Waals surface area contributed by atoms with Crippen LogP contribution in [0.5, 0.6) is 0 Å². The van der Waals surface area contributed by atoms with Gasteiger partial charge in [-0.2, -0.15) is 0 Å². The Bertz CT molecular complexity index is 596. The van der Waals surface area contributed by atoms with Gasteiger partial charge in [-0.15, -0.1) is 0 Å². The highest BCUT2D eigenvalue weighted by molar-refractivity contribution is 9.10. The summed E-state index contributed by atoms with van der Waals surface area (Å²) in [4.78, 5) is 10.8. The molecule has 20 heavy (non-hydrogen) atoms. The van der Waals surface area contributed by atoms with E-state index in [9.17, 15) is 4.79 Å². The average Bonchev–Trinajstić information content (AvgIpc) is 2.43. The van der Waals surface area contributed by atoms with Crippen LogP contribution in [-0.4, -0.2) is 6.47 Å². The van der Waals surface area contributed by atoms with E-state index in [1.807, 2.05) is 24.3 Å². The van der Waals surface area contributed by atoms with Crippen LogP contribution in [0.1, 0.15) is 17.2 Å². The number of rotatable bonds is 5. The molecular formula is C15H11BrCl2O2. The van der Waals surface area contributed by atoms with E-state index in [1.165, 1.54) is 0 Å². The fourth-order valence-electron chi connectivity index (χ4n) is 1.95. The van der Waals surface area contributed by atoms with Crippen molar-refractivity contribution >= 4 is 45.6 Å². The Labute approximate surface area is 135 Å². The molecule has 0 bridgehead atoms. The third-order valence-electron chi connectivity index (χ3n) is 2.92. The smallest absolute Gasteiger partial charge is 0.293 e. The van der Waals surface area contributed by atoms with Crippen LogP contribution in [0, 0.1) is 0 Å². The van der Waals surface area contributed by atoms with Crippen LogP contribution >= 0.6 is 39.1 Å². The zero-order valence-corrected chi connectivity index (χ0v) is 13.5. The van der Waals surface area contributed by atoms with Gasteiger partial charge in [-0.05, 0) is 23.8 Å². The molecule has 5 heteroatoms. The van der Waals surface area contributed by atoms with Gasteiger partial charge in [0.2, 0.25) is 0 Å². The number of ether oxygens (including phenoxy) is 1. The molecule has 0 heterocycles. The number of carbonyl (C=O) groups excluding carboxylic acids is 1. The molecule has 2 rings (SSSR count). The maximum absolute atomic E-state index is 10.8. The van der Waals surface area contributed by atoms with Crippen LogP contribution in [0.2, 0.25) is 10.0 Å². The summed E-state index contributed by atoms with van der Waals surface area (Å²) >= 11 is 15.8. The van der Waals surface area contributed by atoms with Crippen LogP contribution in [-0.2, 0) is 16.0 Å². The molecule has 0 radical (unpaired) electrons. The van der Waals surface area contributed by atoms with Gasteiger partial charge in [0.25, 0.3) is 6.47 Å². The summed E-state index contributed by atoms with van der Waals surface area (Å²) in [6.07, 6.45) is -0.0275. The predicted octanol–water partition coefficient (Wildman–Crippen LogP) is 5.21. The molecule has 0 amide bonds. The lowest BCUT2D eigenvalue weighted by Gasteiger charge is -2.18. The van der Waals surface area contributed by atoms with E-state index < -0.39 is 6.10 Å². The quantitative estimate of drug-likeness (QED) is 0.672. The molecule has 0 aromatic heterocycles. The molecule has 1 unspecified atom stereocenters. The van der Waals surface area contributed by atoms with E-state index in [0.717, 1.165) is 15.6 Å². The number of carbonyl (C=O) groups is 1. The average molecular weight is 374 g/mol. The first-order valence-electron chi connectivity index (χ1n) is 5.90. The summed E-state index contributed by atoms with van der Waals surface area (Å²) in [6.45, 7) is 0.439. The molecule has 0 saturated carbocycles. The highest BCUT2D eigenvalue weighted by Gasteiger charge is 2.19. The van der Waals surface area contributed by atoms with Crippen molar-refractivity contribution in [2.24, 2.45) is 0 Å². The summed E-state index contributed by atoms with van der Waals surface area (Å²) in [6, 6.07) is 12.9. The molecule has 0 aliphatic heterocycles. The molecule has 104 valence electrons. The second-order valence-electron chi connectivity index (χ2n) is 4.15. The normalized spacial score (nSPS) is 11.9. The van der Waals surface area contributed by atoms with Gasteiger partial charge in [-0.25, -0.2) is 0 Å². The summed E-state index contributed by atoms with van der Waals surface area (Å²) in [5, 5.41) is 1.12. The summed E-state index contributed by atoms with van der Waals surface area (Å²) in [5.41, 5.74) is 1.63. The summed E-state index contributed by atoms with van der Waals surface area (Å²) < 4.78 is 6.07. The van der Waals surface area contributed by atoms with Crippen LogP contribution in [0.25, 0.3) is 0 Å². The van der Waals surface area contributed by atoms with Gasteiger partial charge in [-0.3, -0.25) is 4.79 Å². The van der Waals surface area contributed by atoms with Gasteiger partial charge < -0.3 is 4.74 Å². The monoisotopic (exact) mass is 372 g/mol. The lowest BCUT2D eigenvalue weighted by Crippen LogP contribution is -2.08. The third kappa shape index (κ3) is 3.54. The Hall–Kier alpha value is -1.03. The topological polar surface area (TPSA) is 26.3 Å². The van der Waals surface area contributed by atoms with Crippen LogP contribution in [0.4, 0.5) is 0 Å². The predicted molar refractivity (Wildman–Crippen MR) is 84.2 cm³/mol. The largest absolute Gasteiger partial charge is 0.459 e. The van der Waals surface area contributed by atoms with Gasteiger partial charge in [0.05, 0.1) is 0 Å². The molecule has 0 aliphatic rings. The minimum absolute atomic E-state index is 0.417. The first kappa shape index (κ1) is 15.4. The Balaban J connectivity index is 2.36. The van der Waals surface area contributed by atoms with Crippen molar-refractivity contribution < 1.29 is 9.53 Å². The van der Waals surface area contributed by atoms with Crippen molar-refractivity contribution in [3.8, 4) is 0 Å². The van der Waals surface area contributed by atoms with Gasteiger partial charge in [-0.1, -0.05) is 63.4 Å². The van der Waals surface area contributed by atoms with Crippen molar-refractivity contribution in [2.75, 3.05) is 0 Å². The second kappa shape index (κ2) is 7.11. The van der Waals surface area contributed by atoms with Gasteiger partial charge in [0, 0.05) is 26.5 Å². The number of benzene rings is 2. The molecule has 2 aromatic carbocycles. The maximum Gasteiger partial charge on any atom is 0.293 e. The molecular weight excluding hydrogens is 363 g/mol. The molecule has 1 atom stereocenters. The zero-order chi connectivity index (χ0) is 14.5. The molecule has 0 saturated heterocycles. The first-order valence-corrected chi connectivity index (χ1v) is 7.44. The number of hydrogen-bond donors (Lipinski definition) is 0. The van der Waals surface area contributed by atoms with E-state index in [2.05, 4.69) is 15.9 Å². The molecule has 0 fully saturated rings. The summed E-state index contributed by atoms with van der Waals surface area (Å²) in [7, 11) is 0. The van der Waals surface area contributed by atoms with E-state index in [4.69, 9.17) is 27.9 Å². The van der Waals surface area contributed by atoms with Crippen LogP contribution in [0.15, 0.2) is 46.9 Å². The van der Waals surface area contributed by atoms with E-state index in [0.29, 0.717) is 22.9 Å². The molecule has 0 N–H and O–H groups in total. The second-order valence-corrected chi connectivity index (χ2v) is 5.82. The van der Waals surface area contributed by atoms with Crippen molar-refractivity contribution in [1.82, 2.24) is 0 Å². The van der Waals surface area contributed by atoms with Gasteiger partial charge >= 0.3 is 0 Å². The zero-order valence-electron chi connectivity index (χ0n) is 10.4. The van der Waals surface area contributed by atoms with E-state index >= 15 is 0 Å². The molecule has 2 aromatic rings. The maximum atomic E-state index is 10.8. The highest BCUT2D eigenvalue weighted by Crippen LogP contribution is 2.33. The molecule has 0 spiro atoms. The van der Waals surface area contributed by atoms with Crippen LogP contribution < -0.4 is 0 Å². The van der Waals surface area contributed by atoms with E-state index in [1.54, 1.807) is 18.2 Å². The van der Waals surface area contributed by atoms with Crippen molar-refractivity contribution in [3.63, 3.8) is 0 Å². The highest BCUT2D eigenvalue weighted by atomic mass is 79.9. The lowest BCUT2D eigenvalue weighted by molar-refractivity contribution is -0.133.